The quantitative estimate of drug-likeness (QED) is 0.182. The standard InChI is InChI=1S/C26H32O7S/c27-23(16-10-2-1-3-11-17-31-19-21-12-6-4-7-13-21)24(28)18-25-26(33-25)20-32-34(29,30)22-14-8-5-9-15-22/h4-9,12-15,23-28H,1,3,11,16-20H2/t23-,24-,25+,26+/m0/s1. The van der Waals surface area contributed by atoms with Crippen molar-refractivity contribution >= 4 is 10.1 Å². The van der Waals surface area contributed by atoms with Gasteiger partial charge in [0.05, 0.1) is 36.4 Å². The van der Waals surface area contributed by atoms with Gasteiger partial charge >= 0.3 is 0 Å². The third kappa shape index (κ3) is 9.18. The summed E-state index contributed by atoms with van der Waals surface area (Å²) in [4.78, 5) is 0.0842. The second kappa shape index (κ2) is 13.6. The SMILES string of the molecule is O=S(=O)(OC[C@H]1O[C@@H]1C[C@H](O)[C@@H](O)CC#CCCCCOCc1ccccc1)c1ccccc1. The van der Waals surface area contributed by atoms with Gasteiger partial charge in [0.2, 0.25) is 0 Å². The molecule has 1 fully saturated rings. The van der Waals surface area contributed by atoms with Crippen LogP contribution in [0.4, 0.5) is 0 Å². The van der Waals surface area contributed by atoms with E-state index >= 15 is 0 Å². The molecule has 0 saturated carbocycles. The molecule has 0 aliphatic carbocycles. The van der Waals surface area contributed by atoms with Crippen LogP contribution in [0.25, 0.3) is 0 Å². The molecule has 2 N–H and O–H groups in total. The lowest BCUT2D eigenvalue weighted by Gasteiger charge is -2.14. The highest BCUT2D eigenvalue weighted by Crippen LogP contribution is 2.29. The fourth-order valence-electron chi connectivity index (χ4n) is 3.32. The van der Waals surface area contributed by atoms with Gasteiger partial charge in [-0.1, -0.05) is 48.5 Å². The summed E-state index contributed by atoms with van der Waals surface area (Å²) in [5.41, 5.74) is 1.16. The highest BCUT2D eigenvalue weighted by molar-refractivity contribution is 7.86. The van der Waals surface area contributed by atoms with Crippen molar-refractivity contribution in [3.63, 3.8) is 0 Å². The smallest absolute Gasteiger partial charge is 0.297 e. The van der Waals surface area contributed by atoms with E-state index in [4.69, 9.17) is 13.7 Å². The zero-order valence-electron chi connectivity index (χ0n) is 19.1. The molecule has 0 unspecified atom stereocenters. The van der Waals surface area contributed by atoms with Gasteiger partial charge in [0.25, 0.3) is 10.1 Å². The van der Waals surface area contributed by atoms with Crippen molar-refractivity contribution in [2.75, 3.05) is 13.2 Å². The Kier molecular flexibility index (Phi) is 10.5. The predicted molar refractivity (Wildman–Crippen MR) is 127 cm³/mol. The lowest BCUT2D eigenvalue weighted by atomic mass is 10.0. The maximum absolute atomic E-state index is 12.1. The first-order chi connectivity index (χ1) is 16.5. The molecule has 0 bridgehead atoms. The molecule has 0 spiro atoms. The van der Waals surface area contributed by atoms with E-state index in [0.717, 1.165) is 18.4 Å². The molecular weight excluding hydrogens is 456 g/mol. The van der Waals surface area contributed by atoms with Gasteiger partial charge in [0.15, 0.2) is 0 Å². The van der Waals surface area contributed by atoms with E-state index in [1.54, 1.807) is 18.2 Å². The number of ether oxygens (including phenoxy) is 2. The third-order valence-electron chi connectivity index (χ3n) is 5.41. The largest absolute Gasteiger partial charge is 0.390 e. The Morgan fingerprint density at radius 1 is 0.912 bits per heavy atom. The molecule has 1 heterocycles. The van der Waals surface area contributed by atoms with Crippen molar-refractivity contribution in [1.82, 2.24) is 0 Å². The van der Waals surface area contributed by atoms with Gasteiger partial charge in [-0.2, -0.15) is 8.42 Å². The zero-order valence-corrected chi connectivity index (χ0v) is 19.9. The fourth-order valence-corrected chi connectivity index (χ4v) is 4.26. The number of benzene rings is 2. The van der Waals surface area contributed by atoms with Crippen LogP contribution >= 0.6 is 0 Å². The monoisotopic (exact) mass is 488 g/mol. The first-order valence-corrected chi connectivity index (χ1v) is 12.9. The van der Waals surface area contributed by atoms with Crippen LogP contribution in [0.5, 0.6) is 0 Å². The van der Waals surface area contributed by atoms with Crippen LogP contribution in [0.15, 0.2) is 65.6 Å². The highest BCUT2D eigenvalue weighted by Gasteiger charge is 2.42. The van der Waals surface area contributed by atoms with Crippen molar-refractivity contribution < 1.29 is 32.3 Å². The number of aliphatic hydroxyl groups is 2. The van der Waals surface area contributed by atoms with Gasteiger partial charge in [-0.3, -0.25) is 4.18 Å². The minimum atomic E-state index is -3.84. The fraction of sp³-hybridized carbons (Fsp3) is 0.462. The van der Waals surface area contributed by atoms with Gasteiger partial charge in [-0.25, -0.2) is 0 Å². The second-order valence-corrected chi connectivity index (χ2v) is 9.80. The van der Waals surface area contributed by atoms with Gasteiger partial charge in [-0.05, 0) is 30.5 Å². The number of rotatable bonds is 14. The van der Waals surface area contributed by atoms with Crippen LogP contribution in [-0.2, 0) is 30.4 Å². The molecule has 8 heteroatoms. The van der Waals surface area contributed by atoms with Gasteiger partial charge in [0.1, 0.15) is 6.10 Å². The Bertz CT molecular complexity index is 1020. The van der Waals surface area contributed by atoms with Crippen LogP contribution < -0.4 is 0 Å². The summed E-state index contributed by atoms with van der Waals surface area (Å²) in [5, 5.41) is 20.3. The Balaban J connectivity index is 1.23. The Morgan fingerprint density at radius 3 is 2.35 bits per heavy atom. The topological polar surface area (TPSA) is 106 Å². The van der Waals surface area contributed by atoms with E-state index in [0.29, 0.717) is 19.6 Å². The van der Waals surface area contributed by atoms with E-state index in [1.165, 1.54) is 12.1 Å². The molecule has 2 aromatic rings. The number of hydrogen-bond donors (Lipinski definition) is 2. The summed E-state index contributed by atoms with van der Waals surface area (Å²) in [6.07, 6.45) is 0.137. The van der Waals surface area contributed by atoms with E-state index < -0.39 is 28.4 Å². The molecule has 1 aliphatic rings. The predicted octanol–water partition coefficient (Wildman–Crippen LogP) is 3.05. The van der Waals surface area contributed by atoms with Gasteiger partial charge in [0, 0.05) is 25.9 Å². The van der Waals surface area contributed by atoms with Crippen molar-refractivity contribution in [2.24, 2.45) is 0 Å². The van der Waals surface area contributed by atoms with Crippen molar-refractivity contribution in [2.45, 2.75) is 68.0 Å². The minimum Gasteiger partial charge on any atom is -0.390 e. The summed E-state index contributed by atoms with van der Waals surface area (Å²) in [6, 6.07) is 17.9. The average Bonchev–Trinajstić information content (AvgIpc) is 3.60. The minimum absolute atomic E-state index is 0.0842. The zero-order chi connectivity index (χ0) is 24.2. The molecule has 34 heavy (non-hydrogen) atoms. The third-order valence-corrected chi connectivity index (χ3v) is 6.71. The molecule has 184 valence electrons. The Morgan fingerprint density at radius 2 is 1.62 bits per heavy atom. The summed E-state index contributed by atoms with van der Waals surface area (Å²) >= 11 is 0. The first kappa shape index (κ1) is 26.4. The van der Waals surface area contributed by atoms with Crippen LogP contribution in [-0.4, -0.2) is 56.3 Å². The number of aliphatic hydroxyl groups excluding tert-OH is 2. The summed E-state index contributed by atoms with van der Waals surface area (Å²) in [7, 11) is -3.84. The van der Waals surface area contributed by atoms with Crippen molar-refractivity contribution in [1.29, 1.82) is 0 Å². The van der Waals surface area contributed by atoms with Gasteiger partial charge < -0.3 is 19.7 Å². The molecule has 1 aliphatic heterocycles. The molecule has 0 aromatic heterocycles. The van der Waals surface area contributed by atoms with Crippen LogP contribution in [0.2, 0.25) is 0 Å². The summed E-state index contributed by atoms with van der Waals surface area (Å²) < 4.78 is 40.3. The van der Waals surface area contributed by atoms with Crippen LogP contribution in [0, 0.1) is 11.8 Å². The summed E-state index contributed by atoms with van der Waals surface area (Å²) in [6.45, 7) is 1.16. The molecule has 3 rings (SSSR count). The molecule has 0 radical (unpaired) electrons. The van der Waals surface area contributed by atoms with Gasteiger partial charge in [-0.15, -0.1) is 11.8 Å². The van der Waals surface area contributed by atoms with Crippen molar-refractivity contribution in [3.05, 3.63) is 66.2 Å². The van der Waals surface area contributed by atoms with E-state index in [-0.39, 0.29) is 30.4 Å². The van der Waals surface area contributed by atoms with Crippen LogP contribution in [0.3, 0.4) is 0 Å². The van der Waals surface area contributed by atoms with Crippen molar-refractivity contribution in [3.8, 4) is 11.8 Å². The molecule has 4 atom stereocenters. The molecule has 0 amide bonds. The van der Waals surface area contributed by atoms with Crippen LogP contribution in [0.1, 0.15) is 37.7 Å². The molecule has 2 aromatic carbocycles. The Labute approximate surface area is 201 Å². The normalized spacial score (nSPS) is 19.1. The van der Waals surface area contributed by atoms with E-state index in [2.05, 4.69) is 11.8 Å². The Hall–Kier alpha value is -2.25. The van der Waals surface area contributed by atoms with E-state index in [9.17, 15) is 18.6 Å². The van der Waals surface area contributed by atoms with E-state index in [1.807, 2.05) is 30.3 Å². The summed E-state index contributed by atoms with van der Waals surface area (Å²) in [5.74, 6) is 5.92. The average molecular weight is 489 g/mol. The first-order valence-electron chi connectivity index (χ1n) is 11.5. The lowest BCUT2D eigenvalue weighted by molar-refractivity contribution is 0.0137. The lowest BCUT2D eigenvalue weighted by Crippen LogP contribution is -2.27. The molecular formula is C26H32O7S. The number of hydrogen-bond acceptors (Lipinski definition) is 7. The second-order valence-electron chi connectivity index (χ2n) is 8.19. The molecule has 1 saturated heterocycles. The maximum atomic E-state index is 12.1. The molecule has 7 nitrogen and oxygen atoms in total. The maximum Gasteiger partial charge on any atom is 0.297 e. The highest BCUT2D eigenvalue weighted by atomic mass is 32.2. The number of epoxide rings is 1. The number of unbranched alkanes of at least 4 members (excludes halogenated alkanes) is 2.